The predicted octanol–water partition coefficient (Wildman–Crippen LogP) is 4.33. The maximum absolute atomic E-state index is 12.0. The Labute approximate surface area is 152 Å². The molecule has 1 aromatic heterocycles. The molecule has 0 amide bonds. The number of hydrogen-bond donors (Lipinski definition) is 0. The van der Waals surface area contributed by atoms with Crippen LogP contribution in [-0.2, 0) is 22.6 Å². The molecule has 0 unspecified atom stereocenters. The smallest absolute Gasteiger partial charge is 0.310 e. The largest absolute Gasteiger partial charge is 0.494 e. The highest BCUT2D eigenvalue weighted by atomic mass is 16.5. The molecule has 2 aromatic carbocycles. The van der Waals surface area contributed by atoms with Gasteiger partial charge in [-0.1, -0.05) is 47.1 Å². The average molecular weight is 351 g/mol. The molecule has 5 nitrogen and oxygen atoms in total. The van der Waals surface area contributed by atoms with Crippen molar-refractivity contribution in [1.29, 1.82) is 0 Å². The van der Waals surface area contributed by atoms with Crippen LogP contribution in [0.15, 0.2) is 59.1 Å². The number of hydrogen-bond acceptors (Lipinski definition) is 5. The molecule has 0 aliphatic carbocycles. The van der Waals surface area contributed by atoms with E-state index in [1.807, 2.05) is 62.4 Å². The maximum atomic E-state index is 12.0. The van der Waals surface area contributed by atoms with Crippen molar-refractivity contribution in [2.24, 2.45) is 0 Å². The van der Waals surface area contributed by atoms with Crippen molar-refractivity contribution in [2.45, 2.75) is 26.9 Å². The zero-order valence-corrected chi connectivity index (χ0v) is 14.9. The van der Waals surface area contributed by atoms with E-state index >= 15 is 0 Å². The van der Waals surface area contributed by atoms with Gasteiger partial charge in [0.2, 0.25) is 0 Å². The first-order valence-electron chi connectivity index (χ1n) is 8.54. The van der Waals surface area contributed by atoms with Crippen molar-refractivity contribution in [2.75, 3.05) is 6.61 Å². The third-order valence-corrected chi connectivity index (χ3v) is 3.86. The Bertz CT molecular complexity index is 850. The summed E-state index contributed by atoms with van der Waals surface area (Å²) in [5, 5.41) is 3.96. The third-order valence-electron chi connectivity index (χ3n) is 3.86. The number of rotatable bonds is 7. The Balaban J connectivity index is 1.52. The van der Waals surface area contributed by atoms with Crippen LogP contribution in [0.4, 0.5) is 0 Å². The van der Waals surface area contributed by atoms with Crippen LogP contribution in [0.5, 0.6) is 5.75 Å². The molecule has 0 aliphatic heterocycles. The lowest BCUT2D eigenvalue weighted by molar-refractivity contribution is -0.144. The van der Waals surface area contributed by atoms with Gasteiger partial charge >= 0.3 is 5.97 Å². The predicted molar refractivity (Wildman–Crippen MR) is 97.8 cm³/mol. The lowest BCUT2D eigenvalue weighted by Gasteiger charge is -2.05. The molecule has 3 rings (SSSR count). The fourth-order valence-corrected chi connectivity index (χ4v) is 2.48. The maximum Gasteiger partial charge on any atom is 0.310 e. The van der Waals surface area contributed by atoms with E-state index in [9.17, 15) is 4.79 Å². The van der Waals surface area contributed by atoms with Crippen molar-refractivity contribution in [3.8, 4) is 17.1 Å². The Morgan fingerprint density at radius 2 is 1.81 bits per heavy atom. The summed E-state index contributed by atoms with van der Waals surface area (Å²) in [4.78, 5) is 12.0. The molecular formula is C21H21NO4. The van der Waals surface area contributed by atoms with E-state index < -0.39 is 0 Å². The van der Waals surface area contributed by atoms with Crippen LogP contribution in [0.25, 0.3) is 11.3 Å². The van der Waals surface area contributed by atoms with Crippen LogP contribution in [-0.4, -0.2) is 17.7 Å². The van der Waals surface area contributed by atoms with Gasteiger partial charge in [-0.05, 0) is 31.5 Å². The minimum absolute atomic E-state index is 0.0885. The highest BCUT2D eigenvalue weighted by Crippen LogP contribution is 2.21. The molecule has 0 spiro atoms. The molecule has 134 valence electrons. The number of aromatic nitrogens is 1. The van der Waals surface area contributed by atoms with Crippen molar-refractivity contribution in [3.63, 3.8) is 0 Å². The minimum Gasteiger partial charge on any atom is -0.494 e. The van der Waals surface area contributed by atoms with Crippen LogP contribution in [0.1, 0.15) is 23.7 Å². The molecule has 5 heteroatoms. The first-order chi connectivity index (χ1) is 12.6. The van der Waals surface area contributed by atoms with Crippen molar-refractivity contribution in [1.82, 2.24) is 5.16 Å². The zero-order chi connectivity index (χ0) is 18.4. The van der Waals surface area contributed by atoms with Crippen LogP contribution in [0, 0.1) is 6.92 Å². The molecule has 0 saturated carbocycles. The highest BCUT2D eigenvalue weighted by molar-refractivity contribution is 5.72. The molecular weight excluding hydrogens is 330 g/mol. The average Bonchev–Trinajstić information content (AvgIpc) is 3.11. The molecule has 0 bridgehead atoms. The summed E-state index contributed by atoms with van der Waals surface area (Å²) in [5.74, 6) is 1.13. The second kappa shape index (κ2) is 8.34. The number of aryl methyl sites for hydroxylation is 1. The summed E-state index contributed by atoms with van der Waals surface area (Å²) >= 11 is 0. The van der Waals surface area contributed by atoms with E-state index in [0.717, 1.165) is 16.9 Å². The topological polar surface area (TPSA) is 61.6 Å². The summed E-state index contributed by atoms with van der Waals surface area (Å²) in [6.07, 6.45) is 0.203. The van der Waals surface area contributed by atoms with E-state index in [0.29, 0.717) is 18.1 Å². The second-order valence-corrected chi connectivity index (χ2v) is 5.96. The number of benzene rings is 2. The first kappa shape index (κ1) is 17.7. The second-order valence-electron chi connectivity index (χ2n) is 5.96. The van der Waals surface area contributed by atoms with Crippen LogP contribution >= 0.6 is 0 Å². The van der Waals surface area contributed by atoms with Crippen molar-refractivity contribution in [3.05, 3.63) is 71.4 Å². The summed E-state index contributed by atoms with van der Waals surface area (Å²) in [6, 6.07) is 17.2. The Hall–Kier alpha value is -3.08. The molecule has 0 saturated heterocycles. The fourth-order valence-electron chi connectivity index (χ4n) is 2.48. The number of carbonyl (C=O) groups is 1. The van der Waals surface area contributed by atoms with Gasteiger partial charge in [0.25, 0.3) is 0 Å². The first-order valence-corrected chi connectivity index (χ1v) is 8.54. The summed E-state index contributed by atoms with van der Waals surface area (Å²) in [6.45, 7) is 4.66. The van der Waals surface area contributed by atoms with Crippen LogP contribution in [0.3, 0.4) is 0 Å². The van der Waals surface area contributed by atoms with Crippen molar-refractivity contribution >= 4 is 5.97 Å². The molecule has 0 fully saturated rings. The highest BCUT2D eigenvalue weighted by Gasteiger charge is 2.10. The van der Waals surface area contributed by atoms with E-state index in [1.165, 1.54) is 5.56 Å². The third kappa shape index (κ3) is 4.72. The standard InChI is InChI=1S/C21H21NO4/c1-3-24-19-10-6-16(7-11-19)12-21(23)25-14-18-13-20(26-22-18)17-8-4-15(2)5-9-17/h4-11,13H,3,12,14H2,1-2H3. The quantitative estimate of drug-likeness (QED) is 0.593. The van der Waals surface area contributed by atoms with E-state index in [1.54, 1.807) is 6.07 Å². The van der Waals surface area contributed by atoms with Gasteiger partial charge in [0, 0.05) is 11.6 Å². The lowest BCUT2D eigenvalue weighted by Crippen LogP contribution is -2.08. The fraction of sp³-hybridized carbons (Fsp3) is 0.238. The van der Waals surface area contributed by atoms with E-state index in [-0.39, 0.29) is 19.0 Å². The van der Waals surface area contributed by atoms with Gasteiger partial charge in [0.15, 0.2) is 5.76 Å². The lowest BCUT2D eigenvalue weighted by atomic mass is 10.1. The Morgan fingerprint density at radius 3 is 2.50 bits per heavy atom. The minimum atomic E-state index is -0.311. The van der Waals surface area contributed by atoms with Gasteiger partial charge in [-0.15, -0.1) is 0 Å². The van der Waals surface area contributed by atoms with Crippen LogP contribution in [0.2, 0.25) is 0 Å². The molecule has 0 atom stereocenters. The van der Waals surface area contributed by atoms with E-state index in [4.69, 9.17) is 14.0 Å². The van der Waals surface area contributed by atoms with Gasteiger partial charge in [0.05, 0.1) is 13.0 Å². The summed E-state index contributed by atoms with van der Waals surface area (Å²) < 4.78 is 16.0. The molecule has 0 N–H and O–H groups in total. The normalized spacial score (nSPS) is 10.5. The van der Waals surface area contributed by atoms with Gasteiger partial charge in [-0.25, -0.2) is 0 Å². The van der Waals surface area contributed by atoms with Gasteiger partial charge in [-0.3, -0.25) is 4.79 Å². The van der Waals surface area contributed by atoms with Gasteiger partial charge in [0.1, 0.15) is 18.1 Å². The number of carbonyl (C=O) groups excluding carboxylic acids is 1. The van der Waals surface area contributed by atoms with Crippen molar-refractivity contribution < 1.29 is 18.8 Å². The van der Waals surface area contributed by atoms with E-state index in [2.05, 4.69) is 5.16 Å². The number of esters is 1. The SMILES string of the molecule is CCOc1ccc(CC(=O)OCc2cc(-c3ccc(C)cc3)on2)cc1. The van der Waals surface area contributed by atoms with Gasteiger partial charge in [-0.2, -0.15) is 0 Å². The van der Waals surface area contributed by atoms with Crippen LogP contribution < -0.4 is 4.74 Å². The zero-order valence-electron chi connectivity index (χ0n) is 14.9. The van der Waals surface area contributed by atoms with Gasteiger partial charge < -0.3 is 14.0 Å². The Kier molecular flexibility index (Phi) is 5.69. The Morgan fingerprint density at radius 1 is 1.08 bits per heavy atom. The number of nitrogens with zero attached hydrogens (tertiary/aromatic N) is 1. The summed E-state index contributed by atoms with van der Waals surface area (Å²) in [7, 11) is 0. The molecule has 0 radical (unpaired) electrons. The monoisotopic (exact) mass is 351 g/mol. The molecule has 3 aromatic rings. The number of ether oxygens (including phenoxy) is 2. The molecule has 26 heavy (non-hydrogen) atoms. The summed E-state index contributed by atoms with van der Waals surface area (Å²) in [5.41, 5.74) is 3.58. The molecule has 0 aliphatic rings. The molecule has 1 heterocycles.